The predicted octanol–water partition coefficient (Wildman–Crippen LogP) is 0.888. The predicted molar refractivity (Wildman–Crippen MR) is 52.2 cm³/mol. The third kappa shape index (κ3) is 3.00. The number of ether oxygens (including phenoxy) is 1. The lowest BCUT2D eigenvalue weighted by atomic mass is 10.0. The van der Waals surface area contributed by atoms with Crippen LogP contribution in [0, 0.1) is 0 Å². The molecule has 7 nitrogen and oxygen atoms in total. The van der Waals surface area contributed by atoms with Gasteiger partial charge in [-0.1, -0.05) is 5.11 Å². The van der Waals surface area contributed by atoms with Crippen LogP contribution in [0.5, 0.6) is 0 Å². The largest absolute Gasteiger partial charge is 0.450 e. The van der Waals surface area contributed by atoms with Crippen LogP contribution >= 0.6 is 0 Å². The molecule has 1 saturated heterocycles. The molecule has 0 saturated carbocycles. The van der Waals surface area contributed by atoms with E-state index in [1.807, 2.05) is 0 Å². The summed E-state index contributed by atoms with van der Waals surface area (Å²) in [5.41, 5.74) is 8.28. The first-order valence-electron chi connectivity index (χ1n) is 4.83. The fourth-order valence-electron chi connectivity index (χ4n) is 1.48. The number of aliphatic hydroxyl groups excluding tert-OH is 1. The highest BCUT2D eigenvalue weighted by atomic mass is 16.6. The van der Waals surface area contributed by atoms with Crippen molar-refractivity contribution in [3.63, 3.8) is 0 Å². The maximum absolute atomic E-state index is 11.3. The van der Waals surface area contributed by atoms with Crippen molar-refractivity contribution in [1.82, 2.24) is 4.90 Å². The standard InChI is InChI=1S/C8H14N4O3/c1-2-15-8(14)12-4-3-7(13)6(5-12)10-11-9/h6-7,13H,2-5H2,1H3. The number of azide groups is 1. The SMILES string of the molecule is CCOC(=O)N1CCC(O)C(N=[N+]=[N-])C1. The lowest BCUT2D eigenvalue weighted by molar-refractivity contribution is 0.0486. The normalized spacial score (nSPS) is 25.6. The minimum Gasteiger partial charge on any atom is -0.450 e. The van der Waals surface area contributed by atoms with E-state index in [0.29, 0.717) is 19.6 Å². The van der Waals surface area contributed by atoms with Gasteiger partial charge in [0, 0.05) is 18.0 Å². The fraction of sp³-hybridized carbons (Fsp3) is 0.875. The van der Waals surface area contributed by atoms with Crippen LogP contribution in [0.25, 0.3) is 10.4 Å². The average Bonchev–Trinajstić information content (AvgIpc) is 2.22. The van der Waals surface area contributed by atoms with E-state index in [1.54, 1.807) is 6.92 Å². The summed E-state index contributed by atoms with van der Waals surface area (Å²) in [6.07, 6.45) is -0.697. The number of carbonyl (C=O) groups is 1. The van der Waals surface area contributed by atoms with E-state index in [4.69, 9.17) is 10.3 Å². The van der Waals surface area contributed by atoms with Crippen LogP contribution in [0.15, 0.2) is 5.11 Å². The zero-order valence-electron chi connectivity index (χ0n) is 8.54. The molecule has 15 heavy (non-hydrogen) atoms. The third-order valence-corrected chi connectivity index (χ3v) is 2.27. The van der Waals surface area contributed by atoms with E-state index in [2.05, 4.69) is 10.0 Å². The molecule has 1 heterocycles. The van der Waals surface area contributed by atoms with Crippen molar-refractivity contribution in [3.05, 3.63) is 10.4 Å². The molecule has 1 aliphatic rings. The molecule has 0 bridgehead atoms. The topological polar surface area (TPSA) is 98.5 Å². The Balaban J connectivity index is 2.57. The molecule has 2 unspecified atom stereocenters. The number of amides is 1. The Kier molecular flexibility index (Phi) is 4.20. The molecule has 0 spiro atoms. The van der Waals surface area contributed by atoms with Gasteiger partial charge in [0.25, 0.3) is 0 Å². The summed E-state index contributed by atoms with van der Waals surface area (Å²) in [5.74, 6) is 0. The Morgan fingerprint density at radius 3 is 3.13 bits per heavy atom. The maximum atomic E-state index is 11.3. The van der Waals surface area contributed by atoms with E-state index in [-0.39, 0.29) is 6.54 Å². The first kappa shape index (κ1) is 11.6. The van der Waals surface area contributed by atoms with Gasteiger partial charge in [-0.05, 0) is 18.9 Å². The molecule has 1 aliphatic heterocycles. The number of aliphatic hydroxyl groups is 1. The van der Waals surface area contributed by atoms with Crippen molar-refractivity contribution < 1.29 is 14.6 Å². The fourth-order valence-corrected chi connectivity index (χ4v) is 1.48. The summed E-state index contributed by atoms with van der Waals surface area (Å²) in [6.45, 7) is 2.67. The number of nitrogens with zero attached hydrogens (tertiary/aromatic N) is 4. The van der Waals surface area contributed by atoms with Crippen LogP contribution < -0.4 is 0 Å². The van der Waals surface area contributed by atoms with Gasteiger partial charge >= 0.3 is 6.09 Å². The van der Waals surface area contributed by atoms with E-state index >= 15 is 0 Å². The highest BCUT2D eigenvalue weighted by molar-refractivity contribution is 5.67. The molecule has 1 fully saturated rings. The highest BCUT2D eigenvalue weighted by Gasteiger charge is 2.30. The van der Waals surface area contributed by atoms with Crippen molar-refractivity contribution in [2.75, 3.05) is 19.7 Å². The lowest BCUT2D eigenvalue weighted by Crippen LogP contribution is -2.48. The Labute approximate surface area is 87.3 Å². The lowest BCUT2D eigenvalue weighted by Gasteiger charge is -2.32. The number of rotatable bonds is 2. The van der Waals surface area contributed by atoms with Crippen molar-refractivity contribution in [3.8, 4) is 0 Å². The number of piperidine rings is 1. The van der Waals surface area contributed by atoms with Crippen LogP contribution in [0.1, 0.15) is 13.3 Å². The van der Waals surface area contributed by atoms with Gasteiger partial charge in [-0.25, -0.2) is 4.79 Å². The molecule has 0 radical (unpaired) electrons. The van der Waals surface area contributed by atoms with Gasteiger partial charge in [0.2, 0.25) is 0 Å². The molecule has 0 aromatic heterocycles. The van der Waals surface area contributed by atoms with Gasteiger partial charge in [0.15, 0.2) is 0 Å². The van der Waals surface area contributed by atoms with Crippen LogP contribution in [0.4, 0.5) is 4.79 Å². The average molecular weight is 214 g/mol. The number of likely N-dealkylation sites (tertiary alicyclic amines) is 1. The van der Waals surface area contributed by atoms with Crippen molar-refractivity contribution in [2.45, 2.75) is 25.5 Å². The van der Waals surface area contributed by atoms with Crippen molar-refractivity contribution in [2.24, 2.45) is 5.11 Å². The minimum absolute atomic E-state index is 0.212. The van der Waals surface area contributed by atoms with Gasteiger partial charge in [0.05, 0.1) is 18.8 Å². The molecule has 2 atom stereocenters. The second kappa shape index (κ2) is 5.43. The first-order valence-corrected chi connectivity index (χ1v) is 4.83. The van der Waals surface area contributed by atoms with Crippen LogP contribution in [-0.2, 0) is 4.74 Å². The molecule has 1 N–H and O–H groups in total. The number of hydrogen-bond acceptors (Lipinski definition) is 4. The zero-order valence-corrected chi connectivity index (χ0v) is 8.54. The molecular formula is C8H14N4O3. The van der Waals surface area contributed by atoms with Crippen LogP contribution in [-0.4, -0.2) is 47.9 Å². The molecular weight excluding hydrogens is 200 g/mol. The van der Waals surface area contributed by atoms with Gasteiger partial charge < -0.3 is 14.7 Å². The van der Waals surface area contributed by atoms with E-state index < -0.39 is 18.2 Å². The van der Waals surface area contributed by atoms with Crippen LogP contribution in [0.2, 0.25) is 0 Å². The third-order valence-electron chi connectivity index (χ3n) is 2.27. The molecule has 7 heteroatoms. The Bertz CT molecular complexity index is 277. The molecule has 84 valence electrons. The monoisotopic (exact) mass is 214 g/mol. The molecule has 1 rings (SSSR count). The van der Waals surface area contributed by atoms with E-state index in [1.165, 1.54) is 4.90 Å². The van der Waals surface area contributed by atoms with Gasteiger partial charge in [-0.3, -0.25) is 0 Å². The summed E-state index contributed by atoms with van der Waals surface area (Å²) in [5, 5.41) is 12.9. The van der Waals surface area contributed by atoms with E-state index in [0.717, 1.165) is 0 Å². The minimum atomic E-state index is -0.674. The smallest absolute Gasteiger partial charge is 0.409 e. The summed E-state index contributed by atoms with van der Waals surface area (Å²) in [7, 11) is 0. The molecule has 0 aliphatic carbocycles. The van der Waals surface area contributed by atoms with Crippen molar-refractivity contribution in [1.29, 1.82) is 0 Å². The van der Waals surface area contributed by atoms with Gasteiger partial charge in [-0.15, -0.1) is 0 Å². The summed E-state index contributed by atoms with van der Waals surface area (Å²) < 4.78 is 4.81. The maximum Gasteiger partial charge on any atom is 0.409 e. The van der Waals surface area contributed by atoms with Crippen LogP contribution in [0.3, 0.4) is 0 Å². The Hall–Kier alpha value is -1.46. The number of hydrogen-bond donors (Lipinski definition) is 1. The molecule has 0 aromatic carbocycles. The van der Waals surface area contributed by atoms with Gasteiger partial charge in [-0.2, -0.15) is 0 Å². The zero-order chi connectivity index (χ0) is 11.3. The summed E-state index contributed by atoms with van der Waals surface area (Å²) in [6, 6.07) is -0.576. The van der Waals surface area contributed by atoms with E-state index in [9.17, 15) is 9.90 Å². The quantitative estimate of drug-likeness (QED) is 0.419. The second-order valence-electron chi connectivity index (χ2n) is 3.27. The Morgan fingerprint density at radius 1 is 1.80 bits per heavy atom. The number of carbonyl (C=O) groups excluding carboxylic acids is 1. The highest BCUT2D eigenvalue weighted by Crippen LogP contribution is 2.15. The summed E-state index contributed by atoms with van der Waals surface area (Å²) in [4.78, 5) is 15.4. The first-order chi connectivity index (χ1) is 7.19. The second-order valence-corrected chi connectivity index (χ2v) is 3.27. The van der Waals surface area contributed by atoms with Crippen molar-refractivity contribution >= 4 is 6.09 Å². The molecule has 1 amide bonds. The Morgan fingerprint density at radius 2 is 2.53 bits per heavy atom. The molecule has 0 aromatic rings. The van der Waals surface area contributed by atoms with Gasteiger partial charge in [0.1, 0.15) is 0 Å². The summed E-state index contributed by atoms with van der Waals surface area (Å²) >= 11 is 0.